The first-order chi connectivity index (χ1) is 19.3. The van der Waals surface area contributed by atoms with Crippen molar-refractivity contribution < 1.29 is 19.5 Å². The maximum Gasteiger partial charge on any atom is 0.248 e. The molecule has 1 N–H and O–H groups in total. The molecule has 1 aromatic carbocycles. The van der Waals surface area contributed by atoms with Gasteiger partial charge < -0.3 is 19.8 Å². The molecule has 3 saturated heterocycles. The fourth-order valence-electron chi connectivity index (χ4n) is 7.07. The van der Waals surface area contributed by atoms with Crippen molar-refractivity contribution in [2.75, 3.05) is 32.8 Å². The SMILES string of the molecule is C=CCN(Cn1nnc2ccccc21)C(=O)C1N(CCO)C(=O)[C@@H]2[C@H](C(=O)N(CC=C)CCC)[C@]3(C)CCC12S3. The number of para-hydroxylation sites is 1. The largest absolute Gasteiger partial charge is 0.395 e. The quantitative estimate of drug-likeness (QED) is 0.393. The molecule has 10 nitrogen and oxygen atoms in total. The van der Waals surface area contributed by atoms with E-state index in [1.807, 2.05) is 31.2 Å². The molecular formula is C29H38N6O4S. The third-order valence-electron chi connectivity index (χ3n) is 8.66. The summed E-state index contributed by atoms with van der Waals surface area (Å²) < 4.78 is 0.456. The number of fused-ring (bicyclic) bond motifs is 2. The number of aliphatic hydroxyl groups is 1. The smallest absolute Gasteiger partial charge is 0.248 e. The van der Waals surface area contributed by atoms with Gasteiger partial charge in [-0.2, -0.15) is 0 Å². The highest BCUT2D eigenvalue weighted by Gasteiger charge is 2.77. The Morgan fingerprint density at radius 2 is 1.90 bits per heavy atom. The minimum Gasteiger partial charge on any atom is -0.395 e. The molecule has 2 bridgehead atoms. The van der Waals surface area contributed by atoms with E-state index < -0.39 is 27.4 Å². The number of rotatable bonds is 12. The summed E-state index contributed by atoms with van der Waals surface area (Å²) in [4.78, 5) is 47.6. The standard InChI is InChI=1S/C29H38N6O4S/c1-5-14-32(15-6-2)25(37)22-23-26(38)34(17-18-36)24(29(23)13-12-28(22,4)40-29)27(39)33(16-7-3)19-35-21-11-9-8-10-20(21)30-31-35/h5,7-11,22-24,36H,1,3,6,12-19H2,2,4H3/t22-,23+,24?,28+,29?/m1/s1. The van der Waals surface area contributed by atoms with Crippen molar-refractivity contribution >= 4 is 40.5 Å². The van der Waals surface area contributed by atoms with Crippen LogP contribution in [0.4, 0.5) is 0 Å². The molecule has 1 aromatic heterocycles. The van der Waals surface area contributed by atoms with E-state index in [2.05, 4.69) is 30.4 Å². The van der Waals surface area contributed by atoms with Crippen LogP contribution in [0.1, 0.15) is 33.1 Å². The molecule has 3 aliphatic rings. The summed E-state index contributed by atoms with van der Waals surface area (Å²) in [5.74, 6) is -1.68. The van der Waals surface area contributed by atoms with Gasteiger partial charge in [-0.25, -0.2) is 4.68 Å². The van der Waals surface area contributed by atoms with Gasteiger partial charge in [0.15, 0.2) is 0 Å². The van der Waals surface area contributed by atoms with Crippen LogP contribution in [0.2, 0.25) is 0 Å². The summed E-state index contributed by atoms with van der Waals surface area (Å²) in [6.45, 7) is 12.9. The van der Waals surface area contributed by atoms with Gasteiger partial charge in [-0.1, -0.05) is 36.4 Å². The lowest BCUT2D eigenvalue weighted by molar-refractivity contribution is -0.146. The third kappa shape index (κ3) is 4.34. The average Bonchev–Trinajstić information content (AvgIpc) is 3.64. The molecular weight excluding hydrogens is 528 g/mol. The second-order valence-corrected chi connectivity index (χ2v) is 13.0. The maximum atomic E-state index is 14.5. The van der Waals surface area contributed by atoms with Crippen LogP contribution in [0.5, 0.6) is 0 Å². The molecule has 3 fully saturated rings. The van der Waals surface area contributed by atoms with Crippen LogP contribution >= 0.6 is 11.8 Å². The van der Waals surface area contributed by atoms with Crippen molar-refractivity contribution in [1.29, 1.82) is 0 Å². The van der Waals surface area contributed by atoms with E-state index in [9.17, 15) is 19.5 Å². The monoisotopic (exact) mass is 566 g/mol. The Morgan fingerprint density at radius 3 is 2.60 bits per heavy atom. The minimum atomic E-state index is -0.810. The fourth-order valence-corrected chi connectivity index (χ4v) is 9.42. The number of aromatic nitrogens is 3. The number of benzene rings is 1. The summed E-state index contributed by atoms with van der Waals surface area (Å²) in [5.41, 5.74) is 1.52. The van der Waals surface area contributed by atoms with Crippen molar-refractivity contribution in [3.05, 3.63) is 49.6 Å². The van der Waals surface area contributed by atoms with Crippen LogP contribution in [0, 0.1) is 11.8 Å². The van der Waals surface area contributed by atoms with Gasteiger partial charge in [0, 0.05) is 30.9 Å². The van der Waals surface area contributed by atoms with Crippen molar-refractivity contribution in [3.8, 4) is 0 Å². The molecule has 1 spiro atoms. The first-order valence-electron chi connectivity index (χ1n) is 14.0. The predicted molar refractivity (Wildman–Crippen MR) is 154 cm³/mol. The van der Waals surface area contributed by atoms with Crippen molar-refractivity contribution in [3.63, 3.8) is 0 Å². The summed E-state index contributed by atoms with van der Waals surface area (Å²) >= 11 is 1.63. The molecule has 0 radical (unpaired) electrons. The Kier molecular flexibility index (Phi) is 7.80. The van der Waals surface area contributed by atoms with Crippen molar-refractivity contribution in [2.24, 2.45) is 11.8 Å². The van der Waals surface area contributed by atoms with Crippen LogP contribution in [-0.4, -0.2) is 101 Å². The van der Waals surface area contributed by atoms with Crippen LogP contribution < -0.4 is 0 Å². The van der Waals surface area contributed by atoms with Gasteiger partial charge in [0.2, 0.25) is 17.7 Å². The number of thioether (sulfide) groups is 1. The molecule has 5 atom stereocenters. The van der Waals surface area contributed by atoms with E-state index in [0.717, 1.165) is 23.9 Å². The number of amides is 3. The van der Waals surface area contributed by atoms with Gasteiger partial charge in [0.1, 0.15) is 18.2 Å². The Bertz CT molecular complexity index is 1330. The second kappa shape index (κ2) is 11.0. The van der Waals surface area contributed by atoms with E-state index in [4.69, 9.17) is 0 Å². The van der Waals surface area contributed by atoms with E-state index in [0.29, 0.717) is 19.5 Å². The predicted octanol–water partition coefficient (Wildman–Crippen LogP) is 2.30. The molecule has 4 heterocycles. The Labute approximate surface area is 239 Å². The first kappa shape index (κ1) is 28.4. The second-order valence-electron chi connectivity index (χ2n) is 11.1. The zero-order chi connectivity index (χ0) is 28.7. The zero-order valence-electron chi connectivity index (χ0n) is 23.2. The average molecular weight is 567 g/mol. The van der Waals surface area contributed by atoms with Gasteiger partial charge in [0.25, 0.3) is 0 Å². The summed E-state index contributed by atoms with van der Waals surface area (Å²) in [5, 5.41) is 18.4. The number of hydrogen-bond acceptors (Lipinski definition) is 7. The lowest BCUT2D eigenvalue weighted by atomic mass is 9.66. The number of hydrogen-bond donors (Lipinski definition) is 1. The highest BCUT2D eigenvalue weighted by atomic mass is 32.2. The van der Waals surface area contributed by atoms with E-state index >= 15 is 0 Å². The third-order valence-corrected chi connectivity index (χ3v) is 10.6. The number of likely N-dealkylation sites (tertiary alicyclic amines) is 1. The van der Waals surface area contributed by atoms with Gasteiger partial charge >= 0.3 is 0 Å². The molecule has 0 saturated carbocycles. The molecule has 2 unspecified atom stereocenters. The van der Waals surface area contributed by atoms with Crippen LogP contribution in [0.15, 0.2) is 49.6 Å². The lowest BCUT2D eigenvalue weighted by Gasteiger charge is -2.38. The van der Waals surface area contributed by atoms with Gasteiger partial charge in [-0.15, -0.1) is 30.0 Å². The molecule has 40 heavy (non-hydrogen) atoms. The Hall–Kier alpha value is -3.18. The lowest BCUT2D eigenvalue weighted by Crippen LogP contribution is -2.55. The molecule has 3 amide bonds. The summed E-state index contributed by atoms with van der Waals surface area (Å²) in [7, 11) is 0. The van der Waals surface area contributed by atoms with E-state index in [1.165, 1.54) is 4.90 Å². The van der Waals surface area contributed by atoms with Gasteiger partial charge in [-0.3, -0.25) is 14.4 Å². The van der Waals surface area contributed by atoms with Gasteiger partial charge in [-0.05, 0) is 38.3 Å². The molecule has 2 aromatic rings. The van der Waals surface area contributed by atoms with E-state index in [-0.39, 0.29) is 44.1 Å². The topological polar surface area (TPSA) is 112 Å². The Morgan fingerprint density at radius 1 is 1.18 bits per heavy atom. The number of aliphatic hydroxyl groups excluding tert-OH is 1. The van der Waals surface area contributed by atoms with Gasteiger partial charge in [0.05, 0.1) is 28.7 Å². The summed E-state index contributed by atoms with van der Waals surface area (Å²) in [6, 6.07) is 6.72. The van der Waals surface area contributed by atoms with Crippen LogP contribution in [0.3, 0.4) is 0 Å². The highest BCUT2D eigenvalue weighted by Crippen LogP contribution is 2.71. The summed E-state index contributed by atoms with van der Waals surface area (Å²) in [6.07, 6.45) is 5.55. The highest BCUT2D eigenvalue weighted by molar-refractivity contribution is 8.02. The zero-order valence-corrected chi connectivity index (χ0v) is 24.1. The minimum absolute atomic E-state index is 0.0329. The molecule has 0 aliphatic carbocycles. The molecule has 214 valence electrons. The number of β-amino-alcohol motifs (C(OH)–C–C–N with tert-alkyl or cyclic N) is 1. The first-order valence-corrected chi connectivity index (χ1v) is 14.8. The van der Waals surface area contributed by atoms with Crippen LogP contribution in [-0.2, 0) is 21.1 Å². The Balaban J connectivity index is 1.53. The van der Waals surface area contributed by atoms with E-state index in [1.54, 1.807) is 38.4 Å². The number of nitrogens with zero attached hydrogens (tertiary/aromatic N) is 6. The maximum absolute atomic E-state index is 14.5. The fraction of sp³-hybridized carbons (Fsp3) is 0.552. The number of carbonyl (C=O) groups is 3. The number of carbonyl (C=O) groups excluding carboxylic acids is 3. The normalized spacial score (nSPS) is 28.6. The van der Waals surface area contributed by atoms with Crippen molar-refractivity contribution in [2.45, 2.75) is 55.3 Å². The molecule has 11 heteroatoms. The molecule has 3 aliphatic heterocycles. The van der Waals surface area contributed by atoms with Crippen molar-refractivity contribution in [1.82, 2.24) is 29.7 Å². The molecule has 5 rings (SSSR count). The van der Waals surface area contributed by atoms with Crippen LogP contribution in [0.25, 0.3) is 11.0 Å².